The van der Waals surface area contributed by atoms with E-state index < -0.39 is 0 Å². The number of ether oxygens (including phenoxy) is 1. The first-order valence-electron chi connectivity index (χ1n) is 27.0. The first kappa shape index (κ1) is 57.0. The number of hydrogen-bond donors (Lipinski definition) is 0. The van der Waals surface area contributed by atoms with Gasteiger partial charge in [-0.15, -0.1) is 0 Å². The zero-order valence-electron chi connectivity index (χ0n) is 40.7. The van der Waals surface area contributed by atoms with E-state index in [9.17, 15) is 14.4 Å². The van der Waals surface area contributed by atoms with Crippen molar-refractivity contribution >= 4 is 17.5 Å². The molecule has 0 bridgehead atoms. The monoisotopic (exact) mass is 852 g/mol. The molecular formula is C56H101NO4. The molecule has 0 aliphatic carbocycles. The Balaban J connectivity index is 2.24. The van der Waals surface area contributed by atoms with Gasteiger partial charge in [-0.25, -0.2) is 0 Å². The number of hydrogen-bond acceptors (Lipinski definition) is 4. The molecule has 0 aromatic carbocycles. The number of rotatable bonds is 46. The lowest BCUT2D eigenvalue weighted by molar-refractivity contribution is -0.135. The smallest absolute Gasteiger partial charge is 0.222 e. The van der Waals surface area contributed by atoms with Gasteiger partial charge in [-0.1, -0.05) is 204 Å². The molecule has 354 valence electrons. The van der Waals surface area contributed by atoms with Gasteiger partial charge in [0.2, 0.25) is 5.91 Å². The van der Waals surface area contributed by atoms with Crippen molar-refractivity contribution in [3.05, 3.63) is 36.5 Å². The summed E-state index contributed by atoms with van der Waals surface area (Å²) in [5.74, 6) is 0.402. The molecule has 0 aromatic heterocycles. The molecule has 1 saturated heterocycles. The van der Waals surface area contributed by atoms with E-state index in [-0.39, 0.29) is 17.5 Å². The SMILES string of the molecule is CCCCC/C=C\C/C=C\CCCCCCCC(=O)C(CCCCCCCCCCCCCCC(=O)N1CCOCC1)C(=O)CCCCCCC/C=C\CCCCCCCC. The topological polar surface area (TPSA) is 63.7 Å². The van der Waals surface area contributed by atoms with Gasteiger partial charge in [-0.05, 0) is 83.5 Å². The van der Waals surface area contributed by atoms with Crippen LogP contribution in [0.15, 0.2) is 36.5 Å². The molecule has 61 heavy (non-hydrogen) atoms. The molecule has 1 atom stereocenters. The van der Waals surface area contributed by atoms with Crippen molar-refractivity contribution in [2.75, 3.05) is 26.3 Å². The molecule has 0 radical (unpaired) electrons. The Hall–Kier alpha value is -2.01. The van der Waals surface area contributed by atoms with Crippen molar-refractivity contribution < 1.29 is 19.1 Å². The standard InChI is InChI=1S/C56H101NO4/c1-3-5-7-9-11-13-15-17-19-21-26-30-34-38-42-46-54(58)53(55(59)47-43-39-35-31-27-22-20-18-16-14-12-10-8-6-4-2)45-41-37-33-29-25-23-24-28-32-36-40-44-48-56(60)57-49-51-61-52-50-57/h11,13,17-20,53H,3-10,12,14-16,21-52H2,1-2H3/b13-11-,19-17-,20-18-. The van der Waals surface area contributed by atoms with Crippen LogP contribution in [-0.2, 0) is 19.1 Å². The van der Waals surface area contributed by atoms with Gasteiger partial charge in [-0.2, -0.15) is 0 Å². The van der Waals surface area contributed by atoms with Gasteiger partial charge >= 0.3 is 0 Å². The van der Waals surface area contributed by atoms with E-state index in [1.807, 2.05) is 4.90 Å². The van der Waals surface area contributed by atoms with Crippen LogP contribution < -0.4 is 0 Å². The Kier molecular flexibility index (Phi) is 43.0. The van der Waals surface area contributed by atoms with Gasteiger partial charge in [0.25, 0.3) is 0 Å². The molecular weight excluding hydrogens is 751 g/mol. The highest BCUT2D eigenvalue weighted by Gasteiger charge is 2.25. The average molecular weight is 852 g/mol. The number of carbonyl (C=O) groups is 3. The quantitative estimate of drug-likeness (QED) is 0.0348. The van der Waals surface area contributed by atoms with Crippen LogP contribution in [0.3, 0.4) is 0 Å². The Bertz CT molecular complexity index is 1070. The fraction of sp³-hybridized carbons (Fsp3) is 0.839. The van der Waals surface area contributed by atoms with Crippen LogP contribution in [0.4, 0.5) is 0 Å². The van der Waals surface area contributed by atoms with Crippen molar-refractivity contribution in [3.63, 3.8) is 0 Å². The molecule has 1 aliphatic heterocycles. The van der Waals surface area contributed by atoms with E-state index in [1.54, 1.807) is 0 Å². The number of ketones is 2. The molecule has 1 heterocycles. The average Bonchev–Trinajstić information content (AvgIpc) is 3.27. The molecule has 1 amide bonds. The number of morpholine rings is 1. The number of allylic oxidation sites excluding steroid dienone is 6. The fourth-order valence-electron chi connectivity index (χ4n) is 8.69. The highest BCUT2D eigenvalue weighted by molar-refractivity contribution is 6.02. The Morgan fingerprint density at radius 2 is 0.738 bits per heavy atom. The number of unbranched alkanes of at least 4 members (excludes halogenated alkanes) is 30. The summed E-state index contributed by atoms with van der Waals surface area (Å²) in [5, 5.41) is 0. The van der Waals surface area contributed by atoms with Crippen molar-refractivity contribution in [2.24, 2.45) is 5.92 Å². The van der Waals surface area contributed by atoms with Crippen LogP contribution in [0.5, 0.6) is 0 Å². The van der Waals surface area contributed by atoms with Gasteiger partial charge in [-0.3, -0.25) is 14.4 Å². The van der Waals surface area contributed by atoms with E-state index in [0.29, 0.717) is 38.4 Å². The summed E-state index contributed by atoms with van der Waals surface area (Å²) in [5.41, 5.74) is 0. The highest BCUT2D eigenvalue weighted by Crippen LogP contribution is 2.22. The van der Waals surface area contributed by atoms with Crippen molar-refractivity contribution in [2.45, 2.75) is 271 Å². The predicted molar refractivity (Wildman–Crippen MR) is 264 cm³/mol. The number of Topliss-reactive ketones (excluding diaryl/α,β-unsaturated/α-hetero) is 2. The van der Waals surface area contributed by atoms with Gasteiger partial charge in [0.05, 0.1) is 19.1 Å². The van der Waals surface area contributed by atoms with Gasteiger partial charge in [0.15, 0.2) is 0 Å². The van der Waals surface area contributed by atoms with Crippen LogP contribution in [0.25, 0.3) is 0 Å². The van der Waals surface area contributed by atoms with Crippen LogP contribution in [0.1, 0.15) is 271 Å². The molecule has 0 aromatic rings. The summed E-state index contributed by atoms with van der Waals surface area (Å²) in [6, 6.07) is 0. The number of nitrogens with zero attached hydrogens (tertiary/aromatic N) is 1. The molecule has 5 nitrogen and oxygen atoms in total. The van der Waals surface area contributed by atoms with Crippen molar-refractivity contribution in [1.29, 1.82) is 0 Å². The lowest BCUT2D eigenvalue weighted by atomic mass is 9.87. The van der Waals surface area contributed by atoms with Crippen LogP contribution >= 0.6 is 0 Å². The predicted octanol–water partition coefficient (Wildman–Crippen LogP) is 16.9. The summed E-state index contributed by atoms with van der Waals surface area (Å²) >= 11 is 0. The molecule has 1 unspecified atom stereocenters. The van der Waals surface area contributed by atoms with E-state index in [0.717, 1.165) is 83.7 Å². The molecule has 0 N–H and O–H groups in total. The largest absolute Gasteiger partial charge is 0.378 e. The van der Waals surface area contributed by atoms with Gasteiger partial charge in [0.1, 0.15) is 11.6 Å². The Labute approximate surface area is 379 Å². The molecule has 1 aliphatic rings. The summed E-state index contributed by atoms with van der Waals surface area (Å²) < 4.78 is 5.35. The van der Waals surface area contributed by atoms with Gasteiger partial charge < -0.3 is 9.64 Å². The molecule has 0 saturated carbocycles. The van der Waals surface area contributed by atoms with Crippen LogP contribution in [-0.4, -0.2) is 48.7 Å². The zero-order chi connectivity index (χ0) is 43.9. The highest BCUT2D eigenvalue weighted by atomic mass is 16.5. The second kappa shape index (κ2) is 46.0. The fourth-order valence-corrected chi connectivity index (χ4v) is 8.69. The summed E-state index contributed by atoms with van der Waals surface area (Å²) in [7, 11) is 0. The van der Waals surface area contributed by atoms with Crippen LogP contribution in [0.2, 0.25) is 0 Å². The van der Waals surface area contributed by atoms with Crippen molar-refractivity contribution in [1.82, 2.24) is 4.90 Å². The Morgan fingerprint density at radius 3 is 1.18 bits per heavy atom. The third-order valence-electron chi connectivity index (χ3n) is 12.8. The second-order valence-corrected chi connectivity index (χ2v) is 18.6. The normalized spacial score (nSPS) is 14.0. The Morgan fingerprint density at radius 1 is 0.410 bits per heavy atom. The number of amides is 1. The molecule has 0 spiro atoms. The molecule has 5 heteroatoms. The van der Waals surface area contributed by atoms with E-state index >= 15 is 0 Å². The lowest BCUT2D eigenvalue weighted by Crippen LogP contribution is -2.40. The van der Waals surface area contributed by atoms with Crippen molar-refractivity contribution in [3.8, 4) is 0 Å². The minimum atomic E-state index is -0.361. The molecule has 1 fully saturated rings. The molecule has 1 rings (SSSR count). The lowest BCUT2D eigenvalue weighted by Gasteiger charge is -2.26. The summed E-state index contributed by atoms with van der Waals surface area (Å²) in [4.78, 5) is 41.2. The van der Waals surface area contributed by atoms with E-state index in [2.05, 4.69) is 50.3 Å². The van der Waals surface area contributed by atoms with Crippen LogP contribution in [0, 0.1) is 5.92 Å². The minimum Gasteiger partial charge on any atom is -0.378 e. The maximum atomic E-state index is 13.5. The maximum absolute atomic E-state index is 13.5. The first-order chi connectivity index (χ1) is 30.1. The van der Waals surface area contributed by atoms with E-state index in [1.165, 1.54) is 167 Å². The number of carbonyl (C=O) groups excluding carboxylic acids is 3. The third-order valence-corrected chi connectivity index (χ3v) is 12.8. The summed E-state index contributed by atoms with van der Waals surface area (Å²) in [6.07, 6.45) is 60.5. The summed E-state index contributed by atoms with van der Waals surface area (Å²) in [6.45, 7) is 7.42. The first-order valence-corrected chi connectivity index (χ1v) is 27.0. The zero-order valence-corrected chi connectivity index (χ0v) is 40.7. The second-order valence-electron chi connectivity index (χ2n) is 18.6. The maximum Gasteiger partial charge on any atom is 0.222 e. The third kappa shape index (κ3) is 38.2. The van der Waals surface area contributed by atoms with Gasteiger partial charge in [0, 0.05) is 32.4 Å². The van der Waals surface area contributed by atoms with E-state index in [4.69, 9.17) is 4.74 Å². The minimum absolute atomic E-state index is 0.229.